The zero-order valence-corrected chi connectivity index (χ0v) is 11.7. The van der Waals surface area contributed by atoms with E-state index in [0.29, 0.717) is 9.92 Å². The zero-order valence-electron chi connectivity index (χ0n) is 10.1. The summed E-state index contributed by atoms with van der Waals surface area (Å²) in [7, 11) is 0. The van der Waals surface area contributed by atoms with E-state index in [9.17, 15) is 10.1 Å². The Morgan fingerprint density at radius 1 is 1.26 bits per heavy atom. The number of halogens is 1. The van der Waals surface area contributed by atoms with Crippen molar-refractivity contribution in [2.75, 3.05) is 4.72 Å². The molecule has 0 amide bonds. The first kappa shape index (κ1) is 13.7. The average Bonchev–Trinajstić information content (AvgIpc) is 2.40. The fraction of sp³-hybridized carbons (Fsp3) is 0.0769. The maximum atomic E-state index is 10.9. The van der Waals surface area contributed by atoms with Crippen LogP contribution < -0.4 is 4.72 Å². The predicted octanol–water partition coefficient (Wildman–Crippen LogP) is 4.68. The minimum atomic E-state index is -0.401. The molecular formula is C13H11ClN2O2S. The lowest BCUT2D eigenvalue weighted by Gasteiger charge is -2.08. The number of nitro benzene ring substituents is 1. The Morgan fingerprint density at radius 2 is 2.00 bits per heavy atom. The van der Waals surface area contributed by atoms with E-state index < -0.39 is 4.92 Å². The molecule has 19 heavy (non-hydrogen) atoms. The van der Waals surface area contributed by atoms with Crippen LogP contribution in [0.2, 0.25) is 5.02 Å². The molecule has 2 rings (SSSR count). The van der Waals surface area contributed by atoms with Gasteiger partial charge in [-0.05, 0) is 42.6 Å². The molecule has 0 aliphatic heterocycles. The third-order valence-corrected chi connectivity index (χ3v) is 3.67. The summed E-state index contributed by atoms with van der Waals surface area (Å²) in [6.45, 7) is 1.96. The fourth-order valence-electron chi connectivity index (χ4n) is 1.52. The van der Waals surface area contributed by atoms with E-state index >= 15 is 0 Å². The van der Waals surface area contributed by atoms with Gasteiger partial charge in [-0.15, -0.1) is 0 Å². The molecule has 0 saturated heterocycles. The van der Waals surface area contributed by atoms with Crippen molar-refractivity contribution in [1.29, 1.82) is 0 Å². The molecule has 2 aromatic carbocycles. The number of nitro groups is 1. The Balaban J connectivity index is 2.19. The van der Waals surface area contributed by atoms with Crippen molar-refractivity contribution in [2.45, 2.75) is 11.8 Å². The number of hydrogen-bond acceptors (Lipinski definition) is 4. The molecule has 6 heteroatoms. The minimum Gasteiger partial charge on any atom is -0.324 e. The average molecular weight is 295 g/mol. The van der Waals surface area contributed by atoms with Crippen LogP contribution in [0.4, 0.5) is 11.4 Å². The highest BCUT2D eigenvalue weighted by atomic mass is 35.5. The minimum absolute atomic E-state index is 0.0729. The summed E-state index contributed by atoms with van der Waals surface area (Å²) in [5.41, 5.74) is 1.88. The van der Waals surface area contributed by atoms with Crippen LogP contribution in [0.15, 0.2) is 47.4 Å². The lowest BCUT2D eigenvalue weighted by Crippen LogP contribution is -1.93. The first-order valence-electron chi connectivity index (χ1n) is 5.50. The number of hydrogen-bond donors (Lipinski definition) is 1. The second-order valence-electron chi connectivity index (χ2n) is 3.91. The molecule has 4 nitrogen and oxygen atoms in total. The van der Waals surface area contributed by atoms with E-state index in [1.165, 1.54) is 18.0 Å². The smallest absolute Gasteiger partial charge is 0.284 e. The summed E-state index contributed by atoms with van der Waals surface area (Å²) < 4.78 is 3.05. The molecule has 0 aliphatic rings. The number of para-hydroxylation sites is 1. The van der Waals surface area contributed by atoms with Gasteiger partial charge in [0.1, 0.15) is 4.90 Å². The SMILES string of the molecule is Cc1ccc(Cl)c(NSc2ccccc2[N+](=O)[O-])c1. The Morgan fingerprint density at radius 3 is 2.74 bits per heavy atom. The summed E-state index contributed by atoms with van der Waals surface area (Å²) in [6.07, 6.45) is 0. The molecule has 0 spiro atoms. The van der Waals surface area contributed by atoms with Crippen molar-refractivity contribution >= 4 is 34.9 Å². The van der Waals surface area contributed by atoms with Crippen molar-refractivity contribution < 1.29 is 4.92 Å². The van der Waals surface area contributed by atoms with Crippen molar-refractivity contribution in [1.82, 2.24) is 0 Å². The number of rotatable bonds is 4. The van der Waals surface area contributed by atoms with Crippen LogP contribution in [0.5, 0.6) is 0 Å². The molecule has 0 aliphatic carbocycles. The summed E-state index contributed by atoms with van der Waals surface area (Å²) in [5, 5.41) is 11.5. The lowest BCUT2D eigenvalue weighted by atomic mass is 10.2. The molecule has 0 heterocycles. The quantitative estimate of drug-likeness (QED) is 0.505. The van der Waals surface area contributed by atoms with Crippen LogP contribution in [0.25, 0.3) is 0 Å². The van der Waals surface area contributed by atoms with Gasteiger partial charge in [0.05, 0.1) is 15.6 Å². The van der Waals surface area contributed by atoms with E-state index in [1.807, 2.05) is 19.1 Å². The third-order valence-electron chi connectivity index (χ3n) is 2.45. The van der Waals surface area contributed by atoms with Crippen molar-refractivity contribution in [3.63, 3.8) is 0 Å². The normalized spacial score (nSPS) is 10.2. The van der Waals surface area contributed by atoms with Crippen LogP contribution in [-0.4, -0.2) is 4.92 Å². The van der Waals surface area contributed by atoms with E-state index in [0.717, 1.165) is 11.3 Å². The van der Waals surface area contributed by atoms with E-state index in [1.54, 1.807) is 24.3 Å². The highest BCUT2D eigenvalue weighted by Crippen LogP contribution is 2.32. The van der Waals surface area contributed by atoms with E-state index in [2.05, 4.69) is 4.72 Å². The van der Waals surface area contributed by atoms with Crippen LogP contribution in [0.3, 0.4) is 0 Å². The Kier molecular flexibility index (Phi) is 4.29. The van der Waals surface area contributed by atoms with Crippen LogP contribution in [0.1, 0.15) is 5.56 Å². The van der Waals surface area contributed by atoms with Crippen molar-refractivity contribution in [2.24, 2.45) is 0 Å². The standard InChI is InChI=1S/C13H11ClN2O2S/c1-9-6-7-10(14)11(8-9)15-19-13-5-3-2-4-12(13)16(17)18/h2-8,15H,1H3. The van der Waals surface area contributed by atoms with E-state index in [4.69, 9.17) is 11.6 Å². The summed E-state index contributed by atoms with van der Waals surface area (Å²) >= 11 is 7.23. The number of benzene rings is 2. The molecule has 0 unspecified atom stereocenters. The Hall–Kier alpha value is -1.72. The molecular weight excluding hydrogens is 284 g/mol. The van der Waals surface area contributed by atoms with Gasteiger partial charge in [-0.1, -0.05) is 29.8 Å². The molecule has 2 aromatic rings. The first-order chi connectivity index (χ1) is 9.08. The lowest BCUT2D eigenvalue weighted by molar-refractivity contribution is -0.387. The number of anilines is 1. The van der Waals surface area contributed by atoms with Crippen molar-refractivity contribution in [3.8, 4) is 0 Å². The molecule has 0 radical (unpaired) electrons. The molecule has 0 bridgehead atoms. The molecule has 0 atom stereocenters. The first-order valence-corrected chi connectivity index (χ1v) is 6.70. The van der Waals surface area contributed by atoms with Crippen LogP contribution >= 0.6 is 23.5 Å². The highest BCUT2D eigenvalue weighted by molar-refractivity contribution is 8.00. The highest BCUT2D eigenvalue weighted by Gasteiger charge is 2.13. The Labute approximate surface area is 120 Å². The van der Waals surface area contributed by atoms with E-state index in [-0.39, 0.29) is 5.69 Å². The molecule has 1 N–H and O–H groups in total. The van der Waals surface area contributed by atoms with Crippen LogP contribution in [0, 0.1) is 17.0 Å². The molecule has 98 valence electrons. The zero-order chi connectivity index (χ0) is 13.8. The molecule has 0 aromatic heterocycles. The number of nitrogens with zero attached hydrogens (tertiary/aromatic N) is 1. The second kappa shape index (κ2) is 5.95. The van der Waals surface area contributed by atoms with Crippen LogP contribution in [-0.2, 0) is 0 Å². The summed E-state index contributed by atoms with van der Waals surface area (Å²) in [6, 6.07) is 12.2. The van der Waals surface area contributed by atoms with Gasteiger partial charge in [-0.3, -0.25) is 10.1 Å². The van der Waals surface area contributed by atoms with Gasteiger partial charge in [-0.2, -0.15) is 0 Å². The Bertz CT molecular complexity index is 619. The fourth-order valence-corrected chi connectivity index (χ4v) is 2.52. The second-order valence-corrected chi connectivity index (χ2v) is 5.17. The molecule has 0 saturated carbocycles. The van der Waals surface area contributed by atoms with Gasteiger partial charge in [0.25, 0.3) is 5.69 Å². The van der Waals surface area contributed by atoms with Gasteiger partial charge in [-0.25, -0.2) is 0 Å². The van der Waals surface area contributed by atoms with Gasteiger partial charge in [0, 0.05) is 6.07 Å². The van der Waals surface area contributed by atoms with Crippen molar-refractivity contribution in [3.05, 3.63) is 63.2 Å². The molecule has 0 fully saturated rings. The maximum Gasteiger partial charge on any atom is 0.284 e. The van der Waals surface area contributed by atoms with Gasteiger partial charge >= 0.3 is 0 Å². The predicted molar refractivity (Wildman–Crippen MR) is 78.8 cm³/mol. The maximum absolute atomic E-state index is 10.9. The number of nitrogens with one attached hydrogen (secondary N) is 1. The van der Waals surface area contributed by atoms with Gasteiger partial charge < -0.3 is 4.72 Å². The monoisotopic (exact) mass is 294 g/mol. The summed E-state index contributed by atoms with van der Waals surface area (Å²) in [5.74, 6) is 0. The summed E-state index contributed by atoms with van der Waals surface area (Å²) in [4.78, 5) is 11.0. The largest absolute Gasteiger partial charge is 0.324 e. The topological polar surface area (TPSA) is 55.2 Å². The third kappa shape index (κ3) is 3.39. The van der Waals surface area contributed by atoms with Gasteiger partial charge in [0.2, 0.25) is 0 Å². The number of aryl methyl sites for hydroxylation is 1. The van der Waals surface area contributed by atoms with Gasteiger partial charge in [0.15, 0.2) is 0 Å².